The van der Waals surface area contributed by atoms with E-state index >= 15 is 0 Å². The summed E-state index contributed by atoms with van der Waals surface area (Å²) in [5.41, 5.74) is 9.27. The fourth-order valence-electron chi connectivity index (χ4n) is 9.56. The second-order valence-corrected chi connectivity index (χ2v) is 16.7. The molecule has 0 amide bonds. The number of nitrogens with zero attached hydrogens (tertiary/aromatic N) is 5. The molecule has 0 saturated heterocycles. The van der Waals surface area contributed by atoms with Gasteiger partial charge in [0.15, 0.2) is 11.6 Å². The Morgan fingerprint density at radius 2 is 0.662 bits per heavy atom. The summed E-state index contributed by atoms with van der Waals surface area (Å²) in [6.45, 7) is 0. The lowest BCUT2D eigenvalue weighted by molar-refractivity contribution is 1.22. The smallest absolute Gasteiger partial charge is 0.159 e. The first-order chi connectivity index (χ1) is 32.2. The molecular weight excluding hydrogens is 791 g/mol. The van der Waals surface area contributed by atoms with Crippen molar-refractivity contribution < 1.29 is 0 Å². The van der Waals surface area contributed by atoms with Crippen LogP contribution in [0.25, 0.3) is 110 Å². The molecule has 5 nitrogen and oxygen atoms in total. The van der Waals surface area contributed by atoms with Crippen LogP contribution in [0.15, 0.2) is 225 Å². The van der Waals surface area contributed by atoms with Gasteiger partial charge in [0, 0.05) is 51.4 Å². The van der Waals surface area contributed by atoms with Crippen molar-refractivity contribution in [2.45, 2.75) is 0 Å². The number of hydrogen-bond donors (Lipinski definition) is 0. The molecule has 0 aliphatic carbocycles. The average Bonchev–Trinajstić information content (AvgIpc) is 3.38. The predicted molar refractivity (Wildman–Crippen MR) is 271 cm³/mol. The Kier molecular flexibility index (Phi) is 8.46. The summed E-state index contributed by atoms with van der Waals surface area (Å²) in [5.74, 6) is 1.39. The summed E-state index contributed by atoms with van der Waals surface area (Å²) >= 11 is 0. The number of benzene rings is 11. The Bertz CT molecular complexity index is 3850. The van der Waals surface area contributed by atoms with Crippen LogP contribution in [0.3, 0.4) is 0 Å². The summed E-state index contributed by atoms with van der Waals surface area (Å²) in [6.07, 6.45) is 3.90. The van der Waals surface area contributed by atoms with Crippen LogP contribution in [-0.4, -0.2) is 19.9 Å². The van der Waals surface area contributed by atoms with Crippen molar-refractivity contribution in [2.24, 2.45) is 0 Å². The molecule has 11 aromatic carbocycles. The molecule has 0 unspecified atom stereocenters. The molecule has 0 radical (unpaired) electrons. The van der Waals surface area contributed by atoms with Crippen molar-refractivity contribution in [3.63, 3.8) is 0 Å². The number of hydrogen-bond acceptors (Lipinski definition) is 5. The topological polar surface area (TPSA) is 54.8 Å². The third-order valence-corrected chi connectivity index (χ3v) is 12.9. The van der Waals surface area contributed by atoms with Gasteiger partial charge >= 0.3 is 0 Å². The number of anilines is 3. The molecule has 0 aliphatic heterocycles. The predicted octanol–water partition coefficient (Wildman–Crippen LogP) is 15.8. The molecule has 5 heteroatoms. The maximum atomic E-state index is 5.02. The third kappa shape index (κ3) is 6.40. The van der Waals surface area contributed by atoms with Crippen molar-refractivity contribution in [3.05, 3.63) is 225 Å². The van der Waals surface area contributed by atoms with E-state index in [1.54, 1.807) is 0 Å². The molecule has 0 saturated carbocycles. The quantitative estimate of drug-likeness (QED) is 0.156. The van der Waals surface area contributed by atoms with E-state index in [-0.39, 0.29) is 0 Å². The number of rotatable bonds is 6. The molecule has 0 atom stereocenters. The van der Waals surface area contributed by atoms with Gasteiger partial charge in [0.25, 0.3) is 0 Å². The Balaban J connectivity index is 0.882. The summed E-state index contributed by atoms with van der Waals surface area (Å²) in [4.78, 5) is 22.0. The first-order valence-corrected chi connectivity index (χ1v) is 21.9. The Morgan fingerprint density at radius 3 is 1.25 bits per heavy atom. The van der Waals surface area contributed by atoms with Crippen LogP contribution in [0, 0.1) is 0 Å². The number of fused-ring (bicyclic) bond motifs is 10. The zero-order valence-corrected chi connectivity index (χ0v) is 35.1. The zero-order chi connectivity index (χ0) is 42.8. The molecule has 2 heterocycles. The van der Waals surface area contributed by atoms with Gasteiger partial charge in [-0.2, -0.15) is 0 Å². The van der Waals surface area contributed by atoms with Gasteiger partial charge in [-0.1, -0.05) is 127 Å². The molecule has 0 fully saturated rings. The van der Waals surface area contributed by atoms with E-state index in [9.17, 15) is 0 Å². The van der Waals surface area contributed by atoms with Crippen LogP contribution < -0.4 is 4.90 Å². The molecular formula is C60H37N5. The average molecular weight is 828 g/mol. The van der Waals surface area contributed by atoms with Gasteiger partial charge in [-0.05, 0) is 150 Å². The molecule has 0 aliphatic rings. The normalized spacial score (nSPS) is 11.7. The van der Waals surface area contributed by atoms with Crippen LogP contribution in [0.4, 0.5) is 17.1 Å². The van der Waals surface area contributed by atoms with E-state index in [0.29, 0.717) is 11.6 Å². The van der Waals surface area contributed by atoms with Crippen molar-refractivity contribution in [3.8, 4) is 33.9 Å². The first kappa shape index (κ1) is 36.8. The van der Waals surface area contributed by atoms with Crippen LogP contribution in [0.1, 0.15) is 0 Å². The maximum absolute atomic E-state index is 5.02. The summed E-state index contributed by atoms with van der Waals surface area (Å²) in [6, 6.07) is 75.6. The van der Waals surface area contributed by atoms with Crippen molar-refractivity contribution in [1.29, 1.82) is 0 Å². The SMILES string of the molecule is c1ccc2cc(-c3ccc4c(ccc5cc(N(c6ccc(-c7ncc8c(ccc9ccccc98)n7)cc6)c6ccc(-c7ncc8c(ccc9ccccc98)n7)cc6)ccc54)c3)ccc2c1. The Morgan fingerprint density at radius 1 is 0.262 bits per heavy atom. The summed E-state index contributed by atoms with van der Waals surface area (Å²) in [5, 5.41) is 14.1. The van der Waals surface area contributed by atoms with E-state index in [0.717, 1.165) is 60.8 Å². The minimum atomic E-state index is 0.694. The van der Waals surface area contributed by atoms with Crippen molar-refractivity contribution >= 4 is 92.7 Å². The highest BCUT2D eigenvalue weighted by Crippen LogP contribution is 2.40. The van der Waals surface area contributed by atoms with Crippen LogP contribution in [0.5, 0.6) is 0 Å². The molecule has 65 heavy (non-hydrogen) atoms. The van der Waals surface area contributed by atoms with E-state index in [1.165, 1.54) is 54.2 Å². The number of aromatic nitrogens is 4. The van der Waals surface area contributed by atoms with Gasteiger partial charge < -0.3 is 4.90 Å². The minimum absolute atomic E-state index is 0.694. The highest BCUT2D eigenvalue weighted by molar-refractivity contribution is 6.10. The highest BCUT2D eigenvalue weighted by Gasteiger charge is 2.17. The maximum Gasteiger partial charge on any atom is 0.159 e. The fourth-order valence-corrected chi connectivity index (χ4v) is 9.56. The van der Waals surface area contributed by atoms with Crippen LogP contribution >= 0.6 is 0 Å². The summed E-state index contributed by atoms with van der Waals surface area (Å²) < 4.78 is 0. The van der Waals surface area contributed by atoms with Crippen LogP contribution in [0.2, 0.25) is 0 Å². The van der Waals surface area contributed by atoms with Gasteiger partial charge in [0.2, 0.25) is 0 Å². The van der Waals surface area contributed by atoms with Gasteiger partial charge in [0.1, 0.15) is 0 Å². The van der Waals surface area contributed by atoms with Gasteiger partial charge in [-0.3, -0.25) is 0 Å². The molecule has 0 spiro atoms. The third-order valence-electron chi connectivity index (χ3n) is 12.9. The monoisotopic (exact) mass is 827 g/mol. The largest absolute Gasteiger partial charge is 0.310 e. The molecule has 2 aromatic heterocycles. The minimum Gasteiger partial charge on any atom is -0.310 e. The van der Waals surface area contributed by atoms with Gasteiger partial charge in [-0.25, -0.2) is 19.9 Å². The van der Waals surface area contributed by atoms with E-state index in [1.807, 2.05) is 12.4 Å². The lowest BCUT2D eigenvalue weighted by Gasteiger charge is -2.26. The lowest BCUT2D eigenvalue weighted by Crippen LogP contribution is -2.10. The van der Waals surface area contributed by atoms with Crippen molar-refractivity contribution in [1.82, 2.24) is 19.9 Å². The van der Waals surface area contributed by atoms with E-state index in [2.05, 4.69) is 217 Å². The standard InChI is InChI=1S/C60H37N5/c1-2-10-43-33-44(14-13-38(43)7-1)45-21-29-53-46(34-45)15-16-47-35-50(28-30-54(47)53)65(48-24-17-41(18-25-48)59-61-36-55-51-11-5-3-8-39(51)22-31-57(55)63-59)49-26-19-42(20-27-49)60-62-37-56-52-12-6-4-9-40(52)23-32-58(56)64-60/h1-37H. The summed E-state index contributed by atoms with van der Waals surface area (Å²) in [7, 11) is 0. The van der Waals surface area contributed by atoms with Crippen LogP contribution in [-0.2, 0) is 0 Å². The Hall–Kier alpha value is -8.80. The molecule has 302 valence electrons. The van der Waals surface area contributed by atoms with E-state index < -0.39 is 0 Å². The highest BCUT2D eigenvalue weighted by atomic mass is 15.1. The van der Waals surface area contributed by atoms with E-state index in [4.69, 9.17) is 19.9 Å². The first-order valence-electron chi connectivity index (χ1n) is 21.9. The van der Waals surface area contributed by atoms with Gasteiger partial charge in [0.05, 0.1) is 11.0 Å². The second-order valence-electron chi connectivity index (χ2n) is 16.7. The molecule has 13 aromatic rings. The fraction of sp³-hybridized carbons (Fsp3) is 0. The molecule has 0 N–H and O–H groups in total. The van der Waals surface area contributed by atoms with Gasteiger partial charge in [-0.15, -0.1) is 0 Å². The lowest BCUT2D eigenvalue weighted by atomic mass is 9.96. The Labute approximate surface area is 374 Å². The molecule has 0 bridgehead atoms. The molecule has 13 rings (SSSR count). The second kappa shape index (κ2) is 14.9. The van der Waals surface area contributed by atoms with Crippen molar-refractivity contribution in [2.75, 3.05) is 4.90 Å². The zero-order valence-electron chi connectivity index (χ0n) is 35.1.